The Labute approximate surface area is 92.6 Å². The summed E-state index contributed by atoms with van der Waals surface area (Å²) in [6.07, 6.45) is 1.40. The fourth-order valence-corrected chi connectivity index (χ4v) is 1.53. The maximum atomic E-state index is 9.41. The first-order chi connectivity index (χ1) is 7.14. The first-order valence-corrected chi connectivity index (χ1v) is 5.62. The molecule has 4 heteroatoms. The van der Waals surface area contributed by atoms with Crippen molar-refractivity contribution in [3.63, 3.8) is 0 Å². The first kappa shape index (κ1) is 14.8. The highest BCUT2D eigenvalue weighted by atomic mass is 16.5. The Bertz CT molecular complexity index is 141. The fourth-order valence-electron chi connectivity index (χ4n) is 1.53. The largest absolute Gasteiger partial charge is 0.396 e. The second-order valence-electron chi connectivity index (χ2n) is 4.11. The van der Waals surface area contributed by atoms with Crippen LogP contribution in [0.5, 0.6) is 0 Å². The topological polar surface area (TPSA) is 61.7 Å². The van der Waals surface area contributed by atoms with Crippen LogP contribution in [0.1, 0.15) is 26.7 Å². The fraction of sp³-hybridized carbons (Fsp3) is 1.00. The molecule has 0 heterocycles. The molecule has 0 aliphatic heterocycles. The van der Waals surface area contributed by atoms with E-state index in [1.54, 1.807) is 7.11 Å². The van der Waals surface area contributed by atoms with E-state index in [1.165, 1.54) is 0 Å². The van der Waals surface area contributed by atoms with Gasteiger partial charge in [0, 0.05) is 32.2 Å². The van der Waals surface area contributed by atoms with Gasteiger partial charge in [0.1, 0.15) is 0 Å². The monoisotopic (exact) mass is 219 g/mol. The van der Waals surface area contributed by atoms with Gasteiger partial charge in [-0.1, -0.05) is 13.8 Å². The van der Waals surface area contributed by atoms with Gasteiger partial charge in [-0.15, -0.1) is 0 Å². The zero-order valence-electron chi connectivity index (χ0n) is 10.1. The summed E-state index contributed by atoms with van der Waals surface area (Å²) in [5, 5.41) is 21.9. The standard InChI is InChI=1S/C11H25NO3/c1-4-11(5-2,9-13)8-12-6-10(14)7-15-3/h10,12-14H,4-9H2,1-3H3. The summed E-state index contributed by atoms with van der Waals surface area (Å²) in [7, 11) is 1.57. The summed E-state index contributed by atoms with van der Waals surface area (Å²) in [5.41, 5.74) is -0.0488. The molecule has 0 aromatic heterocycles. The van der Waals surface area contributed by atoms with E-state index in [-0.39, 0.29) is 12.0 Å². The highest BCUT2D eigenvalue weighted by Crippen LogP contribution is 2.24. The zero-order chi connectivity index (χ0) is 11.7. The Hall–Kier alpha value is -0.160. The van der Waals surface area contributed by atoms with Crippen LogP contribution in [-0.2, 0) is 4.74 Å². The van der Waals surface area contributed by atoms with Gasteiger partial charge in [-0.2, -0.15) is 0 Å². The van der Waals surface area contributed by atoms with Crippen molar-refractivity contribution < 1.29 is 14.9 Å². The number of aliphatic hydroxyl groups excluding tert-OH is 2. The third-order valence-corrected chi connectivity index (χ3v) is 3.07. The normalized spacial score (nSPS) is 14.2. The van der Waals surface area contributed by atoms with E-state index in [2.05, 4.69) is 19.2 Å². The van der Waals surface area contributed by atoms with E-state index in [0.717, 1.165) is 19.4 Å². The molecule has 3 N–H and O–H groups in total. The Morgan fingerprint density at radius 1 is 1.33 bits per heavy atom. The number of nitrogens with one attached hydrogen (secondary N) is 1. The second-order valence-corrected chi connectivity index (χ2v) is 4.11. The van der Waals surface area contributed by atoms with Crippen LogP contribution in [0.3, 0.4) is 0 Å². The maximum absolute atomic E-state index is 9.41. The van der Waals surface area contributed by atoms with E-state index < -0.39 is 6.10 Å². The summed E-state index contributed by atoms with van der Waals surface area (Å²) < 4.78 is 4.83. The van der Waals surface area contributed by atoms with E-state index >= 15 is 0 Å². The molecule has 0 saturated heterocycles. The van der Waals surface area contributed by atoms with Gasteiger partial charge in [-0.25, -0.2) is 0 Å². The van der Waals surface area contributed by atoms with Crippen LogP contribution >= 0.6 is 0 Å². The molecule has 0 bridgehead atoms. The molecular weight excluding hydrogens is 194 g/mol. The molecule has 0 fully saturated rings. The van der Waals surface area contributed by atoms with E-state index in [4.69, 9.17) is 4.74 Å². The van der Waals surface area contributed by atoms with E-state index in [9.17, 15) is 10.2 Å². The average molecular weight is 219 g/mol. The molecule has 1 atom stereocenters. The molecule has 0 amide bonds. The van der Waals surface area contributed by atoms with Gasteiger partial charge in [0.05, 0.1) is 12.7 Å². The Balaban J connectivity index is 3.80. The van der Waals surface area contributed by atoms with Crippen molar-refractivity contribution in [3.8, 4) is 0 Å². The molecule has 0 aromatic rings. The predicted molar refractivity (Wildman–Crippen MR) is 60.9 cm³/mol. The van der Waals surface area contributed by atoms with Crippen molar-refractivity contribution in [2.45, 2.75) is 32.8 Å². The van der Waals surface area contributed by atoms with Crippen LogP contribution in [0, 0.1) is 5.41 Å². The molecule has 0 saturated carbocycles. The number of ether oxygens (including phenoxy) is 1. The first-order valence-electron chi connectivity index (χ1n) is 5.62. The molecule has 0 aliphatic carbocycles. The van der Waals surface area contributed by atoms with Crippen molar-refractivity contribution in [3.05, 3.63) is 0 Å². The van der Waals surface area contributed by atoms with Gasteiger partial charge in [0.2, 0.25) is 0 Å². The lowest BCUT2D eigenvalue weighted by Gasteiger charge is -2.30. The quantitative estimate of drug-likeness (QED) is 0.525. The lowest BCUT2D eigenvalue weighted by atomic mass is 9.83. The molecule has 4 nitrogen and oxygen atoms in total. The highest BCUT2D eigenvalue weighted by Gasteiger charge is 2.24. The third kappa shape index (κ3) is 5.47. The van der Waals surface area contributed by atoms with E-state index in [1.807, 2.05) is 0 Å². The van der Waals surface area contributed by atoms with Gasteiger partial charge in [-0.3, -0.25) is 0 Å². The molecule has 1 unspecified atom stereocenters. The molecule has 0 radical (unpaired) electrons. The molecule has 0 aromatic carbocycles. The number of aliphatic hydroxyl groups is 2. The molecular formula is C11H25NO3. The summed E-state index contributed by atoms with van der Waals surface area (Å²) in [5.74, 6) is 0. The minimum Gasteiger partial charge on any atom is -0.396 e. The summed E-state index contributed by atoms with van der Waals surface area (Å²) in [4.78, 5) is 0. The Kier molecular flexibility index (Phi) is 7.96. The SMILES string of the molecule is CCC(CC)(CO)CNCC(O)COC. The lowest BCUT2D eigenvalue weighted by Crippen LogP contribution is -2.40. The van der Waals surface area contributed by atoms with Gasteiger partial charge in [0.25, 0.3) is 0 Å². The summed E-state index contributed by atoms with van der Waals surface area (Å²) in [6, 6.07) is 0. The third-order valence-electron chi connectivity index (χ3n) is 3.07. The van der Waals surface area contributed by atoms with Gasteiger partial charge >= 0.3 is 0 Å². The summed E-state index contributed by atoms with van der Waals surface area (Å²) >= 11 is 0. The number of hydrogen-bond donors (Lipinski definition) is 3. The van der Waals surface area contributed by atoms with Gasteiger partial charge < -0.3 is 20.3 Å². The van der Waals surface area contributed by atoms with Crippen LogP contribution < -0.4 is 5.32 Å². The van der Waals surface area contributed by atoms with Crippen LogP contribution in [-0.4, -0.2) is 49.7 Å². The highest BCUT2D eigenvalue weighted by molar-refractivity contribution is 4.78. The van der Waals surface area contributed by atoms with Crippen molar-refractivity contribution in [2.75, 3.05) is 33.4 Å². The Morgan fingerprint density at radius 2 is 1.93 bits per heavy atom. The van der Waals surface area contributed by atoms with Crippen molar-refractivity contribution in [1.29, 1.82) is 0 Å². The van der Waals surface area contributed by atoms with Crippen molar-refractivity contribution in [2.24, 2.45) is 5.41 Å². The number of rotatable bonds is 9. The summed E-state index contributed by atoms with van der Waals surface area (Å²) in [6.45, 7) is 5.93. The smallest absolute Gasteiger partial charge is 0.0897 e. The zero-order valence-corrected chi connectivity index (χ0v) is 10.1. The predicted octanol–water partition coefficient (Wildman–Crippen LogP) is 0.382. The molecule has 0 aliphatic rings. The van der Waals surface area contributed by atoms with Gasteiger partial charge in [0.15, 0.2) is 0 Å². The molecule has 0 rings (SSSR count). The van der Waals surface area contributed by atoms with E-state index in [0.29, 0.717) is 13.2 Å². The van der Waals surface area contributed by atoms with Crippen molar-refractivity contribution >= 4 is 0 Å². The van der Waals surface area contributed by atoms with Gasteiger partial charge in [-0.05, 0) is 12.8 Å². The van der Waals surface area contributed by atoms with Crippen LogP contribution in [0.4, 0.5) is 0 Å². The minimum absolute atomic E-state index is 0.0488. The number of hydrogen-bond acceptors (Lipinski definition) is 4. The molecule has 0 spiro atoms. The Morgan fingerprint density at radius 3 is 2.33 bits per heavy atom. The average Bonchev–Trinajstić information content (AvgIpc) is 2.25. The van der Waals surface area contributed by atoms with Crippen molar-refractivity contribution in [1.82, 2.24) is 5.32 Å². The second kappa shape index (κ2) is 8.05. The molecule has 15 heavy (non-hydrogen) atoms. The van der Waals surface area contributed by atoms with Crippen LogP contribution in [0.15, 0.2) is 0 Å². The lowest BCUT2D eigenvalue weighted by molar-refractivity contribution is 0.0574. The van der Waals surface area contributed by atoms with Crippen LogP contribution in [0.25, 0.3) is 0 Å². The minimum atomic E-state index is -0.472. The maximum Gasteiger partial charge on any atom is 0.0897 e. The molecule has 92 valence electrons. The van der Waals surface area contributed by atoms with Crippen LogP contribution in [0.2, 0.25) is 0 Å². The number of methoxy groups -OCH3 is 1.